The van der Waals surface area contributed by atoms with Crippen molar-refractivity contribution in [2.45, 2.75) is 97.0 Å². The molecule has 4 heterocycles. The average Bonchev–Trinajstić information content (AvgIpc) is 3.20. The second kappa shape index (κ2) is 9.81. The van der Waals surface area contributed by atoms with Crippen LogP contribution in [0.5, 0.6) is 5.75 Å². The van der Waals surface area contributed by atoms with Crippen molar-refractivity contribution in [3.05, 3.63) is 41.9 Å². The van der Waals surface area contributed by atoms with E-state index >= 15 is 0 Å². The predicted molar refractivity (Wildman–Crippen MR) is 158 cm³/mol. The van der Waals surface area contributed by atoms with Gasteiger partial charge in [-0.25, -0.2) is 14.6 Å². The van der Waals surface area contributed by atoms with Crippen molar-refractivity contribution in [2.75, 3.05) is 19.6 Å². The van der Waals surface area contributed by atoms with Crippen LogP contribution in [0.2, 0.25) is 0 Å². The number of para-hydroxylation sites is 1. The molecule has 1 saturated heterocycles. The summed E-state index contributed by atoms with van der Waals surface area (Å²) in [6, 6.07) is 8.03. The largest absolute Gasteiger partial charge is 0.480 e. The minimum atomic E-state index is -0.616. The Morgan fingerprint density at radius 3 is 2.15 bits per heavy atom. The van der Waals surface area contributed by atoms with Crippen LogP contribution in [0.4, 0.5) is 9.59 Å². The fourth-order valence-electron chi connectivity index (χ4n) is 6.14. The molecule has 2 amide bonds. The standard InChI is InChI=1S/C32H44N4O5/c1-29(2,3)40-27(37)35-18-15-32(16-19-35)25-24(22-12-10-11-13-23(22)39-32)33-26(34(25)9)21-14-17-36(31(7,8)20-21)28(38)41-30(4,5)6/h10-13,20H,14-19H2,1-9H3. The number of ether oxygens (including phenoxy) is 3. The van der Waals surface area contributed by atoms with Crippen molar-refractivity contribution in [3.63, 3.8) is 0 Å². The number of piperidine rings is 1. The van der Waals surface area contributed by atoms with Crippen LogP contribution >= 0.6 is 0 Å². The summed E-state index contributed by atoms with van der Waals surface area (Å²) >= 11 is 0. The average molecular weight is 565 g/mol. The van der Waals surface area contributed by atoms with Gasteiger partial charge in [0.15, 0.2) is 5.60 Å². The van der Waals surface area contributed by atoms with Crippen molar-refractivity contribution in [1.29, 1.82) is 0 Å². The third-order valence-electron chi connectivity index (χ3n) is 7.93. The van der Waals surface area contributed by atoms with Gasteiger partial charge in [-0.3, -0.25) is 4.90 Å². The number of carbonyl (C=O) groups is 2. The Hall–Kier alpha value is -3.49. The molecule has 0 bridgehead atoms. The fourth-order valence-corrected chi connectivity index (χ4v) is 6.14. The summed E-state index contributed by atoms with van der Waals surface area (Å²) in [5, 5.41) is 0. The van der Waals surface area contributed by atoms with E-state index in [1.807, 2.05) is 73.6 Å². The molecule has 1 fully saturated rings. The molecule has 41 heavy (non-hydrogen) atoms. The van der Waals surface area contributed by atoms with Gasteiger partial charge in [-0.15, -0.1) is 0 Å². The topological polar surface area (TPSA) is 86.1 Å². The van der Waals surface area contributed by atoms with Crippen molar-refractivity contribution in [1.82, 2.24) is 19.4 Å². The molecule has 222 valence electrons. The first kappa shape index (κ1) is 29.0. The number of amides is 2. The lowest BCUT2D eigenvalue weighted by Gasteiger charge is -2.44. The summed E-state index contributed by atoms with van der Waals surface area (Å²) in [7, 11) is 2.05. The van der Waals surface area contributed by atoms with Gasteiger partial charge in [0.1, 0.15) is 28.5 Å². The number of rotatable bonds is 1. The van der Waals surface area contributed by atoms with Crippen LogP contribution in [0.15, 0.2) is 30.3 Å². The Bertz CT molecular complexity index is 1380. The predicted octanol–water partition coefficient (Wildman–Crippen LogP) is 6.51. The van der Waals surface area contributed by atoms with Crippen molar-refractivity contribution >= 4 is 17.8 Å². The SMILES string of the molecule is Cn1c(C2=CC(C)(C)N(C(=O)OC(C)(C)C)CC2)nc2c1C1(CCN(C(=O)OC(C)(C)C)CC1)Oc1ccccc1-2. The van der Waals surface area contributed by atoms with Crippen LogP contribution in [0, 0.1) is 0 Å². The second-order valence-electron chi connectivity index (χ2n) is 14.0. The number of hydrogen-bond acceptors (Lipinski definition) is 6. The Kier molecular flexibility index (Phi) is 6.94. The molecule has 9 nitrogen and oxygen atoms in total. The fraction of sp³-hybridized carbons (Fsp3) is 0.594. The highest BCUT2D eigenvalue weighted by atomic mass is 16.6. The summed E-state index contributed by atoms with van der Waals surface area (Å²) in [6.45, 7) is 17.0. The highest BCUT2D eigenvalue weighted by molar-refractivity contribution is 5.78. The maximum atomic E-state index is 13.0. The quantitative estimate of drug-likeness (QED) is 0.393. The maximum absolute atomic E-state index is 13.0. The van der Waals surface area contributed by atoms with Gasteiger partial charge >= 0.3 is 12.2 Å². The highest BCUT2D eigenvalue weighted by Gasteiger charge is 2.48. The molecule has 0 radical (unpaired) electrons. The van der Waals surface area contributed by atoms with E-state index in [2.05, 4.69) is 23.8 Å². The molecule has 0 saturated carbocycles. The van der Waals surface area contributed by atoms with Crippen LogP contribution < -0.4 is 4.74 Å². The Morgan fingerprint density at radius 1 is 0.927 bits per heavy atom. The molecule has 0 aliphatic carbocycles. The number of imidazole rings is 1. The Morgan fingerprint density at radius 2 is 1.54 bits per heavy atom. The van der Waals surface area contributed by atoms with Gasteiger partial charge in [-0.1, -0.05) is 18.2 Å². The van der Waals surface area contributed by atoms with E-state index in [0.717, 1.165) is 34.1 Å². The summed E-state index contributed by atoms with van der Waals surface area (Å²) < 4.78 is 20.3. The molecule has 1 spiro atoms. The molecule has 2 aromatic rings. The van der Waals surface area contributed by atoms with Gasteiger partial charge in [-0.2, -0.15) is 0 Å². The summed E-state index contributed by atoms with van der Waals surface area (Å²) in [5.74, 6) is 1.69. The van der Waals surface area contributed by atoms with E-state index in [0.29, 0.717) is 38.9 Å². The molecule has 3 aliphatic heterocycles. The molecule has 0 atom stereocenters. The van der Waals surface area contributed by atoms with E-state index in [9.17, 15) is 9.59 Å². The van der Waals surface area contributed by atoms with Gasteiger partial charge in [0.25, 0.3) is 0 Å². The van der Waals surface area contributed by atoms with Gasteiger partial charge in [0.2, 0.25) is 0 Å². The van der Waals surface area contributed by atoms with Crippen LogP contribution in [-0.2, 0) is 22.1 Å². The Labute approximate surface area is 243 Å². The lowest BCUT2D eigenvalue weighted by Crippen LogP contribution is -2.51. The number of aromatic nitrogens is 2. The van der Waals surface area contributed by atoms with Crippen LogP contribution in [0.1, 0.15) is 86.2 Å². The van der Waals surface area contributed by atoms with E-state index in [-0.39, 0.29) is 12.2 Å². The molecule has 0 N–H and O–H groups in total. The zero-order valence-electron chi connectivity index (χ0n) is 26.0. The first-order chi connectivity index (χ1) is 19.0. The normalized spacial score (nSPS) is 19.6. The van der Waals surface area contributed by atoms with Gasteiger partial charge in [0, 0.05) is 45.1 Å². The van der Waals surface area contributed by atoms with Crippen molar-refractivity contribution in [3.8, 4) is 17.0 Å². The number of fused-ring (bicyclic) bond motifs is 4. The summed E-state index contributed by atoms with van der Waals surface area (Å²) in [6.07, 6.45) is 3.45. The lowest BCUT2D eigenvalue weighted by atomic mass is 9.83. The summed E-state index contributed by atoms with van der Waals surface area (Å²) in [5.41, 5.74) is 1.74. The number of likely N-dealkylation sites (tertiary alicyclic amines) is 1. The number of benzene rings is 1. The number of hydrogen-bond donors (Lipinski definition) is 0. The molecule has 0 unspecified atom stereocenters. The smallest absolute Gasteiger partial charge is 0.410 e. The molecule has 1 aromatic carbocycles. The molecular weight excluding hydrogens is 520 g/mol. The lowest BCUT2D eigenvalue weighted by molar-refractivity contribution is -0.0251. The zero-order valence-corrected chi connectivity index (χ0v) is 26.0. The minimum absolute atomic E-state index is 0.293. The van der Waals surface area contributed by atoms with E-state index in [1.165, 1.54) is 0 Å². The Balaban J connectivity index is 1.49. The van der Waals surface area contributed by atoms with Gasteiger partial charge in [0.05, 0.1) is 11.2 Å². The highest BCUT2D eigenvalue weighted by Crippen LogP contribution is 2.50. The molecule has 3 aliphatic rings. The molecule has 1 aromatic heterocycles. The number of nitrogens with zero attached hydrogens (tertiary/aromatic N) is 4. The maximum Gasteiger partial charge on any atom is 0.410 e. The van der Waals surface area contributed by atoms with E-state index in [1.54, 1.807) is 9.80 Å². The van der Waals surface area contributed by atoms with Crippen LogP contribution in [0.25, 0.3) is 16.8 Å². The van der Waals surface area contributed by atoms with Crippen LogP contribution in [-0.4, -0.2) is 67.9 Å². The molecular formula is C32H44N4O5. The van der Waals surface area contributed by atoms with Crippen molar-refractivity contribution in [2.24, 2.45) is 7.05 Å². The minimum Gasteiger partial charge on any atom is -0.480 e. The first-order valence-electron chi connectivity index (χ1n) is 14.6. The first-order valence-corrected chi connectivity index (χ1v) is 14.6. The van der Waals surface area contributed by atoms with E-state index in [4.69, 9.17) is 19.2 Å². The second-order valence-corrected chi connectivity index (χ2v) is 14.0. The number of carbonyl (C=O) groups excluding carboxylic acids is 2. The third kappa shape index (κ3) is 5.55. The zero-order chi connectivity index (χ0) is 30.0. The van der Waals surface area contributed by atoms with Crippen LogP contribution in [0.3, 0.4) is 0 Å². The monoisotopic (exact) mass is 564 g/mol. The van der Waals surface area contributed by atoms with E-state index < -0.39 is 22.3 Å². The van der Waals surface area contributed by atoms with Gasteiger partial charge in [-0.05, 0) is 79.5 Å². The third-order valence-corrected chi connectivity index (χ3v) is 7.93. The van der Waals surface area contributed by atoms with Gasteiger partial charge < -0.3 is 23.7 Å². The van der Waals surface area contributed by atoms with Crippen molar-refractivity contribution < 1.29 is 23.8 Å². The summed E-state index contributed by atoms with van der Waals surface area (Å²) in [4.78, 5) is 34.6. The molecule has 9 heteroatoms. The molecule has 5 rings (SSSR count).